The van der Waals surface area contributed by atoms with E-state index < -0.39 is 10.1 Å². The zero-order chi connectivity index (χ0) is 30.3. The third-order valence-electron chi connectivity index (χ3n) is 9.06. The van der Waals surface area contributed by atoms with Crippen LogP contribution in [0.15, 0.2) is 35.2 Å². The molecule has 0 fully saturated rings. The second kappa shape index (κ2) is 25.8. The number of unbranched alkanes of at least 4 members (excludes halogenated alkanes) is 22. The van der Waals surface area contributed by atoms with Crippen molar-refractivity contribution in [3.8, 4) is 0 Å². The normalized spacial score (nSPS) is 11.7. The van der Waals surface area contributed by atoms with Crippen LogP contribution in [0.3, 0.4) is 0 Å². The number of fused-ring (bicyclic) bond motifs is 1. The van der Waals surface area contributed by atoms with Crippen LogP contribution in [-0.4, -0.2) is 13.0 Å². The van der Waals surface area contributed by atoms with Crippen LogP contribution < -0.4 is 29.6 Å². The Bertz CT molecular complexity index is 1070. The summed E-state index contributed by atoms with van der Waals surface area (Å²) in [4.78, 5) is -0.103. The van der Waals surface area contributed by atoms with Gasteiger partial charge in [0.2, 0.25) is 0 Å². The summed E-state index contributed by atoms with van der Waals surface area (Å²) in [5, 5.41) is 2.09. The molecule has 0 aromatic heterocycles. The Morgan fingerprint density at radius 3 is 1.14 bits per heavy atom. The number of hydrogen-bond acceptors (Lipinski definition) is 3. The monoisotopic (exact) mass is 622 g/mol. The van der Waals surface area contributed by atoms with E-state index in [2.05, 4.69) is 26.0 Å². The molecule has 2 rings (SSSR count). The summed E-state index contributed by atoms with van der Waals surface area (Å²) in [6.07, 6.45) is 33.9. The third-order valence-corrected chi connectivity index (χ3v) is 9.89. The molecule has 0 atom stereocenters. The Hall–Kier alpha value is -0.390. The summed E-state index contributed by atoms with van der Waals surface area (Å²) in [6.45, 7) is 4.54. The van der Waals surface area contributed by atoms with Gasteiger partial charge in [0.05, 0.1) is 4.90 Å². The van der Waals surface area contributed by atoms with E-state index in [0.717, 1.165) is 36.5 Å². The minimum Gasteiger partial charge on any atom is -0.744 e. The molecule has 0 N–H and O–H groups in total. The Labute approximate surface area is 288 Å². The molecule has 0 aliphatic rings. The van der Waals surface area contributed by atoms with E-state index in [1.165, 1.54) is 158 Å². The summed E-state index contributed by atoms with van der Waals surface area (Å²) in [6, 6.07) is 9.46. The van der Waals surface area contributed by atoms with Crippen molar-refractivity contribution >= 4 is 20.9 Å². The van der Waals surface area contributed by atoms with Crippen molar-refractivity contribution in [2.75, 3.05) is 0 Å². The van der Waals surface area contributed by atoms with Crippen LogP contribution in [-0.2, 0) is 23.0 Å². The van der Waals surface area contributed by atoms with Crippen molar-refractivity contribution in [2.45, 2.75) is 186 Å². The summed E-state index contributed by atoms with van der Waals surface area (Å²) in [5.41, 5.74) is 2.46. The minimum absolute atomic E-state index is 0. The van der Waals surface area contributed by atoms with E-state index in [1.54, 1.807) is 6.07 Å². The van der Waals surface area contributed by atoms with E-state index in [4.69, 9.17) is 0 Å². The Balaban J connectivity index is 0.00000924. The van der Waals surface area contributed by atoms with Crippen molar-refractivity contribution in [1.82, 2.24) is 0 Å². The molecular weight excluding hydrogens is 559 g/mol. The molecule has 0 amide bonds. The van der Waals surface area contributed by atoms with Crippen LogP contribution in [0.4, 0.5) is 0 Å². The maximum absolute atomic E-state index is 11.8. The van der Waals surface area contributed by atoms with E-state index in [1.807, 2.05) is 6.07 Å². The zero-order valence-electron chi connectivity index (χ0n) is 28.4. The van der Waals surface area contributed by atoms with Crippen LogP contribution in [0.1, 0.15) is 179 Å². The second-order valence-corrected chi connectivity index (χ2v) is 14.2. The maximum atomic E-state index is 11.8. The molecule has 0 aliphatic carbocycles. The van der Waals surface area contributed by atoms with Crippen LogP contribution in [0.5, 0.6) is 0 Å². The first-order valence-electron chi connectivity index (χ1n) is 18.0. The third kappa shape index (κ3) is 18.4. The van der Waals surface area contributed by atoms with E-state index in [0.29, 0.717) is 0 Å². The summed E-state index contributed by atoms with van der Waals surface area (Å²) < 4.78 is 35.4. The first-order chi connectivity index (χ1) is 20.5. The SMILES string of the molecule is CCCCCCCCCCCCCCc1ccc(CCCCCCCCCCCCCC)c2cc(S(=O)(=O)[O-])ccc12.[Na+]. The van der Waals surface area contributed by atoms with E-state index in [-0.39, 0.29) is 34.5 Å². The van der Waals surface area contributed by atoms with Crippen molar-refractivity contribution in [2.24, 2.45) is 0 Å². The van der Waals surface area contributed by atoms with Crippen LogP contribution in [0.25, 0.3) is 10.8 Å². The smallest absolute Gasteiger partial charge is 0.744 e. The number of rotatable bonds is 27. The van der Waals surface area contributed by atoms with Gasteiger partial charge in [-0.2, -0.15) is 0 Å². The largest absolute Gasteiger partial charge is 1.00 e. The first kappa shape index (κ1) is 40.6. The maximum Gasteiger partial charge on any atom is 1.00 e. The van der Waals surface area contributed by atoms with Gasteiger partial charge >= 0.3 is 29.6 Å². The Morgan fingerprint density at radius 2 is 0.791 bits per heavy atom. The fourth-order valence-corrected chi connectivity index (χ4v) is 6.85. The van der Waals surface area contributed by atoms with Gasteiger partial charge in [-0.25, -0.2) is 8.42 Å². The molecule has 0 aliphatic heterocycles. The van der Waals surface area contributed by atoms with Gasteiger partial charge in [0.25, 0.3) is 0 Å². The van der Waals surface area contributed by atoms with Crippen molar-refractivity contribution in [3.63, 3.8) is 0 Å². The molecule has 2 aromatic rings. The van der Waals surface area contributed by atoms with Gasteiger partial charge in [0, 0.05) is 0 Å². The minimum atomic E-state index is -4.46. The molecule has 3 nitrogen and oxygen atoms in total. The number of aryl methyl sites for hydroxylation is 2. The molecule has 43 heavy (non-hydrogen) atoms. The zero-order valence-corrected chi connectivity index (χ0v) is 31.2. The van der Waals surface area contributed by atoms with Crippen molar-refractivity contribution in [1.29, 1.82) is 0 Å². The van der Waals surface area contributed by atoms with Gasteiger partial charge in [-0.15, -0.1) is 0 Å². The average molecular weight is 623 g/mol. The molecule has 0 spiro atoms. The summed E-state index contributed by atoms with van der Waals surface area (Å²) in [5.74, 6) is 0. The van der Waals surface area contributed by atoms with Gasteiger partial charge in [0.15, 0.2) is 0 Å². The fraction of sp³-hybridized carbons (Fsp3) is 0.737. The molecule has 0 unspecified atom stereocenters. The standard InChI is InChI=1S/C38H64O3S.Na/c1-3-5-7-9-11-13-15-17-19-21-23-25-27-34-29-30-35(38-33-36(42(39,40)41)31-32-37(34)38)28-26-24-22-20-18-16-14-12-10-8-6-4-2;/h29-33H,3-28H2,1-2H3,(H,39,40,41);/q;+1/p-1. The average Bonchev–Trinajstić information content (AvgIpc) is 2.98. The van der Waals surface area contributed by atoms with Gasteiger partial charge in [-0.1, -0.05) is 173 Å². The number of benzene rings is 2. The van der Waals surface area contributed by atoms with Gasteiger partial charge in [-0.05, 0) is 59.7 Å². The second-order valence-electron chi connectivity index (χ2n) is 12.8. The molecule has 2 aromatic carbocycles. The van der Waals surface area contributed by atoms with Gasteiger partial charge in [-0.3, -0.25) is 0 Å². The molecule has 0 bridgehead atoms. The molecule has 5 heteroatoms. The van der Waals surface area contributed by atoms with Crippen molar-refractivity contribution in [3.05, 3.63) is 41.5 Å². The van der Waals surface area contributed by atoms with Crippen LogP contribution in [0.2, 0.25) is 0 Å². The summed E-state index contributed by atoms with van der Waals surface area (Å²) >= 11 is 0. The topological polar surface area (TPSA) is 57.2 Å². The molecule has 0 saturated heterocycles. The fourth-order valence-electron chi connectivity index (χ4n) is 6.35. The Kier molecular flexibility index (Phi) is 24.3. The predicted octanol–water partition coefficient (Wildman–Crippen LogP) is 9.24. The van der Waals surface area contributed by atoms with E-state index in [9.17, 15) is 13.0 Å². The van der Waals surface area contributed by atoms with E-state index >= 15 is 0 Å². The molecule has 0 saturated carbocycles. The summed E-state index contributed by atoms with van der Waals surface area (Å²) in [7, 11) is -4.46. The molecule has 0 heterocycles. The molecular formula is C38H63NaO3S. The van der Waals surface area contributed by atoms with Crippen molar-refractivity contribution < 1.29 is 42.5 Å². The molecule has 240 valence electrons. The van der Waals surface area contributed by atoms with Gasteiger partial charge < -0.3 is 4.55 Å². The Morgan fingerprint density at radius 1 is 0.465 bits per heavy atom. The quantitative estimate of drug-likeness (QED) is 0.0567. The molecule has 0 radical (unpaired) electrons. The van der Waals surface area contributed by atoms with Crippen LogP contribution >= 0.6 is 0 Å². The van der Waals surface area contributed by atoms with Crippen LogP contribution in [0, 0.1) is 0 Å². The van der Waals surface area contributed by atoms with Gasteiger partial charge in [0.1, 0.15) is 10.1 Å². The first-order valence-corrected chi connectivity index (χ1v) is 19.4. The predicted molar refractivity (Wildman–Crippen MR) is 181 cm³/mol. The number of hydrogen-bond donors (Lipinski definition) is 0.